The Balaban J connectivity index is 1.87. The largest absolute Gasteiger partial charge is 0.493 e. The van der Waals surface area contributed by atoms with Gasteiger partial charge in [0.1, 0.15) is 5.60 Å². The zero-order valence-electron chi connectivity index (χ0n) is 14.3. The molecule has 1 atom stereocenters. The van der Waals surface area contributed by atoms with Crippen molar-refractivity contribution in [1.82, 2.24) is 4.90 Å². The number of hydrogen-bond acceptors (Lipinski definition) is 5. The van der Waals surface area contributed by atoms with E-state index in [4.69, 9.17) is 19.9 Å². The number of ether oxygens (including phenoxy) is 3. The summed E-state index contributed by atoms with van der Waals surface area (Å²) in [5, 5.41) is 0. The number of rotatable bonds is 4. The van der Waals surface area contributed by atoms with Gasteiger partial charge in [-0.25, -0.2) is 4.79 Å². The first kappa shape index (κ1) is 17.2. The van der Waals surface area contributed by atoms with Gasteiger partial charge in [-0.1, -0.05) is 0 Å². The smallest absolute Gasteiger partial charge is 0.410 e. The van der Waals surface area contributed by atoms with Gasteiger partial charge in [0.25, 0.3) is 0 Å². The summed E-state index contributed by atoms with van der Waals surface area (Å²) in [5.74, 6) is 1.55. The summed E-state index contributed by atoms with van der Waals surface area (Å²) < 4.78 is 16.5. The topological polar surface area (TPSA) is 74.0 Å². The third-order valence-electron chi connectivity index (χ3n) is 3.60. The number of benzene rings is 1. The quantitative estimate of drug-likeness (QED) is 0.863. The molecule has 1 aromatic carbocycles. The summed E-state index contributed by atoms with van der Waals surface area (Å²) in [6, 6.07) is 5.30. The Bertz CT molecular complexity index is 554. The summed E-state index contributed by atoms with van der Waals surface area (Å²) in [4.78, 5) is 13.8. The predicted octanol–water partition coefficient (Wildman–Crippen LogP) is 2.91. The van der Waals surface area contributed by atoms with Gasteiger partial charge in [0.15, 0.2) is 11.5 Å². The third kappa shape index (κ3) is 4.94. The van der Waals surface area contributed by atoms with Crippen molar-refractivity contribution in [1.29, 1.82) is 0 Å². The average molecular weight is 322 g/mol. The second kappa shape index (κ2) is 6.98. The van der Waals surface area contributed by atoms with Crippen LogP contribution in [0.3, 0.4) is 0 Å². The first-order valence-electron chi connectivity index (χ1n) is 7.83. The molecule has 0 radical (unpaired) electrons. The second-order valence-corrected chi connectivity index (χ2v) is 6.80. The lowest BCUT2D eigenvalue weighted by Crippen LogP contribution is -2.35. The second-order valence-electron chi connectivity index (χ2n) is 6.80. The van der Waals surface area contributed by atoms with Crippen LogP contribution in [0.25, 0.3) is 0 Å². The maximum Gasteiger partial charge on any atom is 0.410 e. The molecule has 1 aromatic rings. The van der Waals surface area contributed by atoms with Crippen molar-refractivity contribution in [3.8, 4) is 11.5 Å². The minimum Gasteiger partial charge on any atom is -0.493 e. The molecule has 6 nitrogen and oxygen atoms in total. The summed E-state index contributed by atoms with van der Waals surface area (Å²) >= 11 is 0. The Hall–Kier alpha value is -2.11. The van der Waals surface area contributed by atoms with Crippen molar-refractivity contribution >= 4 is 11.8 Å². The third-order valence-corrected chi connectivity index (χ3v) is 3.60. The van der Waals surface area contributed by atoms with E-state index in [2.05, 4.69) is 0 Å². The van der Waals surface area contributed by atoms with Gasteiger partial charge in [0.2, 0.25) is 0 Å². The lowest BCUT2D eigenvalue weighted by Gasteiger charge is -2.24. The Morgan fingerprint density at radius 3 is 2.74 bits per heavy atom. The molecular formula is C17H26N2O4. The summed E-state index contributed by atoms with van der Waals surface area (Å²) in [7, 11) is 1.60. The van der Waals surface area contributed by atoms with Crippen LogP contribution in [0.4, 0.5) is 10.5 Å². The lowest BCUT2D eigenvalue weighted by atomic mass is 10.1. The zero-order valence-corrected chi connectivity index (χ0v) is 14.3. The molecule has 0 aliphatic carbocycles. The van der Waals surface area contributed by atoms with E-state index in [1.807, 2.05) is 20.8 Å². The maximum atomic E-state index is 12.1. The van der Waals surface area contributed by atoms with Gasteiger partial charge in [0.05, 0.1) is 13.7 Å². The normalized spacial score (nSPS) is 17.9. The van der Waals surface area contributed by atoms with Crippen molar-refractivity contribution in [3.05, 3.63) is 18.2 Å². The zero-order chi connectivity index (χ0) is 17.0. The molecule has 0 aromatic heterocycles. The number of nitrogen functional groups attached to an aromatic ring is 1. The van der Waals surface area contributed by atoms with Crippen LogP contribution in [0, 0.1) is 5.92 Å². The highest BCUT2D eigenvalue weighted by molar-refractivity contribution is 5.68. The van der Waals surface area contributed by atoms with Crippen LogP contribution in [0.2, 0.25) is 0 Å². The van der Waals surface area contributed by atoms with Crippen LogP contribution in [0.5, 0.6) is 11.5 Å². The Kier molecular flexibility index (Phi) is 5.23. The van der Waals surface area contributed by atoms with Gasteiger partial charge in [-0.2, -0.15) is 0 Å². The molecule has 2 N–H and O–H groups in total. The van der Waals surface area contributed by atoms with Gasteiger partial charge in [-0.15, -0.1) is 0 Å². The highest BCUT2D eigenvalue weighted by Gasteiger charge is 2.30. The number of nitrogens with zero attached hydrogens (tertiary/aromatic N) is 1. The van der Waals surface area contributed by atoms with Gasteiger partial charge < -0.3 is 24.8 Å². The molecule has 23 heavy (non-hydrogen) atoms. The molecule has 6 heteroatoms. The number of hydrogen-bond donors (Lipinski definition) is 1. The van der Waals surface area contributed by atoms with Crippen molar-refractivity contribution in [3.63, 3.8) is 0 Å². The average Bonchev–Trinajstić information content (AvgIpc) is 2.92. The van der Waals surface area contributed by atoms with E-state index in [-0.39, 0.29) is 12.0 Å². The van der Waals surface area contributed by atoms with Crippen LogP contribution in [-0.2, 0) is 4.74 Å². The molecule has 1 amide bonds. The molecule has 0 bridgehead atoms. The highest BCUT2D eigenvalue weighted by Crippen LogP contribution is 2.30. The van der Waals surface area contributed by atoms with Crippen molar-refractivity contribution in [2.24, 2.45) is 5.92 Å². The van der Waals surface area contributed by atoms with Crippen LogP contribution in [-0.4, -0.2) is 43.4 Å². The first-order valence-corrected chi connectivity index (χ1v) is 7.83. The van der Waals surface area contributed by atoms with Gasteiger partial charge >= 0.3 is 6.09 Å². The Labute approximate surface area is 137 Å². The monoisotopic (exact) mass is 322 g/mol. The van der Waals surface area contributed by atoms with E-state index in [1.165, 1.54) is 0 Å². The van der Waals surface area contributed by atoms with E-state index < -0.39 is 5.60 Å². The fourth-order valence-electron chi connectivity index (χ4n) is 2.47. The number of likely N-dealkylation sites (tertiary alicyclic amines) is 1. The molecular weight excluding hydrogens is 296 g/mol. The lowest BCUT2D eigenvalue weighted by molar-refractivity contribution is 0.0284. The molecule has 0 saturated carbocycles. The number of nitrogens with two attached hydrogens (primary N) is 1. The van der Waals surface area contributed by atoms with Crippen molar-refractivity contribution in [2.75, 3.05) is 32.5 Å². The van der Waals surface area contributed by atoms with E-state index in [1.54, 1.807) is 30.2 Å². The Morgan fingerprint density at radius 2 is 2.09 bits per heavy atom. The van der Waals surface area contributed by atoms with E-state index in [0.29, 0.717) is 36.9 Å². The molecule has 1 fully saturated rings. The van der Waals surface area contributed by atoms with Crippen LogP contribution >= 0.6 is 0 Å². The summed E-state index contributed by atoms with van der Waals surface area (Å²) in [5.41, 5.74) is 5.94. The van der Waals surface area contributed by atoms with Crippen LogP contribution in [0.15, 0.2) is 18.2 Å². The first-order chi connectivity index (χ1) is 10.8. The van der Waals surface area contributed by atoms with Gasteiger partial charge in [0, 0.05) is 30.8 Å². The minimum absolute atomic E-state index is 0.262. The Morgan fingerprint density at radius 1 is 1.35 bits per heavy atom. The van der Waals surface area contributed by atoms with Crippen LogP contribution < -0.4 is 15.2 Å². The molecule has 1 aliphatic heterocycles. The highest BCUT2D eigenvalue weighted by atomic mass is 16.6. The molecule has 2 rings (SSSR count). The van der Waals surface area contributed by atoms with Gasteiger partial charge in [-0.05, 0) is 39.3 Å². The number of carbonyl (C=O) groups is 1. The van der Waals surface area contributed by atoms with Crippen LogP contribution in [0.1, 0.15) is 27.2 Å². The molecule has 0 spiro atoms. The summed E-state index contributed by atoms with van der Waals surface area (Å²) in [6.45, 7) is 7.45. The van der Waals surface area contributed by atoms with E-state index in [9.17, 15) is 4.79 Å². The number of methoxy groups -OCH3 is 1. The number of anilines is 1. The van der Waals surface area contributed by atoms with Gasteiger partial charge in [-0.3, -0.25) is 0 Å². The maximum absolute atomic E-state index is 12.1. The van der Waals surface area contributed by atoms with Crippen molar-refractivity contribution < 1.29 is 19.0 Å². The fourth-order valence-corrected chi connectivity index (χ4v) is 2.47. The van der Waals surface area contributed by atoms with Crippen molar-refractivity contribution in [2.45, 2.75) is 32.8 Å². The van der Waals surface area contributed by atoms with E-state index >= 15 is 0 Å². The summed E-state index contributed by atoms with van der Waals surface area (Å²) in [6.07, 6.45) is 0.630. The molecule has 1 heterocycles. The minimum atomic E-state index is -0.472. The fraction of sp³-hybridized carbons (Fsp3) is 0.588. The molecule has 1 unspecified atom stereocenters. The number of amides is 1. The predicted molar refractivity (Wildman–Crippen MR) is 88.8 cm³/mol. The molecule has 1 aliphatic rings. The molecule has 1 saturated heterocycles. The molecule has 128 valence electrons. The SMILES string of the molecule is COc1ccc(N)cc1OCC1CCN(C(=O)OC(C)(C)C)C1. The number of carbonyl (C=O) groups excluding carboxylic acids is 1. The standard InChI is InChI=1S/C17H26N2O4/c1-17(2,3)23-16(20)19-8-7-12(10-19)11-22-15-9-13(18)5-6-14(15)21-4/h5-6,9,12H,7-8,10-11,18H2,1-4H3. The van der Waals surface area contributed by atoms with E-state index in [0.717, 1.165) is 6.42 Å².